The molecule has 0 saturated carbocycles. The topological polar surface area (TPSA) is 84.7 Å². The predicted molar refractivity (Wildman–Crippen MR) is 115 cm³/mol. The van der Waals surface area contributed by atoms with Crippen LogP contribution < -0.4 is 16.0 Å². The quantitative estimate of drug-likeness (QED) is 0.510. The fourth-order valence-electron chi connectivity index (χ4n) is 4.30. The van der Waals surface area contributed by atoms with Gasteiger partial charge in [0.1, 0.15) is 0 Å². The number of nitrogens with zero attached hydrogens (tertiary/aromatic N) is 1. The Hall–Kier alpha value is -2.86. The summed E-state index contributed by atoms with van der Waals surface area (Å²) in [6, 6.07) is 8.91. The molecule has 0 unspecified atom stereocenters. The SMILES string of the molecule is COCCNc1cc(N2CCCCCC2)c(N)c2c1C(=O)c1ccccc1C2=O. The number of hydrogen-bond acceptors (Lipinski definition) is 6. The van der Waals surface area contributed by atoms with Gasteiger partial charge in [-0.05, 0) is 18.9 Å². The van der Waals surface area contributed by atoms with Gasteiger partial charge in [0.15, 0.2) is 11.6 Å². The molecule has 2 aromatic carbocycles. The predicted octanol–water partition coefficient (Wildman–Crippen LogP) is 3.48. The molecule has 2 aliphatic rings. The zero-order valence-electron chi connectivity index (χ0n) is 16.8. The average molecular weight is 393 g/mol. The van der Waals surface area contributed by atoms with Gasteiger partial charge in [0, 0.05) is 43.6 Å². The molecule has 6 nitrogen and oxygen atoms in total. The Labute approximate surface area is 171 Å². The lowest BCUT2D eigenvalue weighted by atomic mass is 9.81. The molecule has 152 valence electrons. The number of carbonyl (C=O) groups excluding carboxylic acids is 2. The third-order valence-corrected chi connectivity index (χ3v) is 5.78. The van der Waals surface area contributed by atoms with Crippen molar-refractivity contribution in [3.05, 3.63) is 52.6 Å². The van der Waals surface area contributed by atoms with Crippen LogP contribution in [0.3, 0.4) is 0 Å². The Kier molecular flexibility index (Phi) is 5.53. The molecule has 1 saturated heterocycles. The van der Waals surface area contributed by atoms with E-state index in [0.717, 1.165) is 31.6 Å². The van der Waals surface area contributed by atoms with E-state index >= 15 is 0 Å². The maximum atomic E-state index is 13.4. The average Bonchev–Trinajstić information content (AvgIpc) is 3.02. The van der Waals surface area contributed by atoms with E-state index in [1.165, 1.54) is 12.8 Å². The van der Waals surface area contributed by atoms with Gasteiger partial charge in [-0.15, -0.1) is 0 Å². The highest BCUT2D eigenvalue weighted by atomic mass is 16.5. The maximum Gasteiger partial charge on any atom is 0.196 e. The molecule has 1 aliphatic heterocycles. The van der Waals surface area contributed by atoms with Gasteiger partial charge in [0.25, 0.3) is 0 Å². The highest BCUT2D eigenvalue weighted by Gasteiger charge is 2.35. The summed E-state index contributed by atoms with van der Waals surface area (Å²) in [6.07, 6.45) is 4.59. The molecule has 0 aromatic heterocycles. The Morgan fingerprint density at radius 1 is 1.00 bits per heavy atom. The summed E-state index contributed by atoms with van der Waals surface area (Å²) in [5, 5.41) is 3.30. The number of nitrogens with two attached hydrogens (primary N) is 1. The molecule has 6 heteroatoms. The van der Waals surface area contributed by atoms with Crippen LogP contribution in [0.15, 0.2) is 30.3 Å². The molecule has 2 aromatic rings. The second-order valence-corrected chi connectivity index (χ2v) is 7.63. The van der Waals surface area contributed by atoms with Crippen LogP contribution in [0.2, 0.25) is 0 Å². The number of anilines is 3. The number of nitrogens with one attached hydrogen (secondary N) is 1. The molecule has 0 spiro atoms. The van der Waals surface area contributed by atoms with Crippen molar-refractivity contribution in [3.63, 3.8) is 0 Å². The number of ether oxygens (including phenoxy) is 1. The van der Waals surface area contributed by atoms with E-state index in [1.54, 1.807) is 31.4 Å². The largest absolute Gasteiger partial charge is 0.396 e. The second kappa shape index (κ2) is 8.25. The van der Waals surface area contributed by atoms with E-state index in [2.05, 4.69) is 10.2 Å². The summed E-state index contributed by atoms with van der Waals surface area (Å²) in [7, 11) is 1.63. The highest BCUT2D eigenvalue weighted by Crippen LogP contribution is 2.41. The molecule has 29 heavy (non-hydrogen) atoms. The number of carbonyl (C=O) groups is 2. The van der Waals surface area contributed by atoms with Crippen LogP contribution in [0.4, 0.5) is 17.1 Å². The zero-order valence-corrected chi connectivity index (χ0v) is 16.8. The van der Waals surface area contributed by atoms with Crippen LogP contribution >= 0.6 is 0 Å². The molecule has 0 radical (unpaired) electrons. The van der Waals surface area contributed by atoms with Crippen molar-refractivity contribution < 1.29 is 14.3 Å². The van der Waals surface area contributed by atoms with Crippen molar-refractivity contribution in [1.29, 1.82) is 0 Å². The Balaban J connectivity index is 1.87. The molecule has 1 aliphatic carbocycles. The molecule has 1 heterocycles. The van der Waals surface area contributed by atoms with Crippen LogP contribution in [0, 0.1) is 0 Å². The van der Waals surface area contributed by atoms with E-state index < -0.39 is 0 Å². The highest BCUT2D eigenvalue weighted by molar-refractivity contribution is 6.32. The molecule has 1 fully saturated rings. The first-order valence-electron chi connectivity index (χ1n) is 10.3. The second-order valence-electron chi connectivity index (χ2n) is 7.63. The van der Waals surface area contributed by atoms with Crippen LogP contribution in [-0.2, 0) is 4.74 Å². The number of nitrogen functional groups attached to an aromatic ring is 1. The van der Waals surface area contributed by atoms with Gasteiger partial charge in [-0.1, -0.05) is 37.1 Å². The van der Waals surface area contributed by atoms with E-state index in [9.17, 15) is 9.59 Å². The molecule has 4 rings (SSSR count). The fourth-order valence-corrected chi connectivity index (χ4v) is 4.30. The standard InChI is InChI=1S/C23H27N3O3/c1-29-13-10-25-17-14-18(26-11-6-2-3-7-12-26)21(24)20-19(17)22(27)15-8-4-5-9-16(15)23(20)28/h4-5,8-9,14,25H,2-3,6-7,10-13,24H2,1H3. The third kappa shape index (κ3) is 3.49. The Morgan fingerprint density at radius 2 is 1.62 bits per heavy atom. The van der Waals surface area contributed by atoms with Gasteiger partial charge in [-0.2, -0.15) is 0 Å². The van der Waals surface area contributed by atoms with Crippen LogP contribution in [0.25, 0.3) is 0 Å². The lowest BCUT2D eigenvalue weighted by Gasteiger charge is -2.29. The van der Waals surface area contributed by atoms with Crippen molar-refractivity contribution in [3.8, 4) is 0 Å². The lowest BCUT2D eigenvalue weighted by Crippen LogP contribution is -2.29. The number of ketones is 2. The van der Waals surface area contributed by atoms with Gasteiger partial charge < -0.3 is 20.7 Å². The third-order valence-electron chi connectivity index (χ3n) is 5.78. The van der Waals surface area contributed by atoms with Crippen LogP contribution in [0.5, 0.6) is 0 Å². The summed E-state index contributed by atoms with van der Waals surface area (Å²) < 4.78 is 5.15. The summed E-state index contributed by atoms with van der Waals surface area (Å²) >= 11 is 0. The monoisotopic (exact) mass is 393 g/mol. The molecule has 0 bridgehead atoms. The first-order chi connectivity index (χ1) is 14.1. The van der Waals surface area contributed by atoms with Gasteiger partial charge in [0.2, 0.25) is 0 Å². The first-order valence-corrected chi connectivity index (χ1v) is 10.3. The lowest BCUT2D eigenvalue weighted by molar-refractivity contribution is 0.0980. The normalized spacial score (nSPS) is 16.2. The summed E-state index contributed by atoms with van der Waals surface area (Å²) in [5.74, 6) is -0.344. The Morgan fingerprint density at radius 3 is 2.24 bits per heavy atom. The van der Waals surface area contributed by atoms with Gasteiger partial charge in [0.05, 0.1) is 29.1 Å². The number of methoxy groups -OCH3 is 1. The summed E-state index contributed by atoms with van der Waals surface area (Å²) in [4.78, 5) is 28.9. The van der Waals surface area contributed by atoms with E-state index in [1.807, 2.05) is 6.07 Å². The van der Waals surface area contributed by atoms with E-state index in [0.29, 0.717) is 46.8 Å². The van der Waals surface area contributed by atoms with Gasteiger partial charge in [-0.25, -0.2) is 0 Å². The number of rotatable bonds is 5. The van der Waals surface area contributed by atoms with Gasteiger partial charge in [-0.3, -0.25) is 9.59 Å². The number of fused-ring (bicyclic) bond motifs is 2. The zero-order chi connectivity index (χ0) is 20.4. The molecule has 0 atom stereocenters. The molecule has 3 N–H and O–H groups in total. The summed E-state index contributed by atoms with van der Waals surface area (Å²) in [6.45, 7) is 2.84. The summed E-state index contributed by atoms with van der Waals surface area (Å²) in [5.41, 5.74) is 10.0. The fraction of sp³-hybridized carbons (Fsp3) is 0.391. The molecular formula is C23H27N3O3. The van der Waals surface area contributed by atoms with Crippen molar-refractivity contribution in [2.45, 2.75) is 25.7 Å². The Bertz CT molecular complexity index is 947. The molecule has 0 amide bonds. The van der Waals surface area contributed by atoms with Crippen molar-refractivity contribution >= 4 is 28.6 Å². The molecular weight excluding hydrogens is 366 g/mol. The van der Waals surface area contributed by atoms with E-state index in [4.69, 9.17) is 10.5 Å². The smallest absolute Gasteiger partial charge is 0.196 e. The van der Waals surface area contributed by atoms with Crippen molar-refractivity contribution in [2.75, 3.05) is 49.3 Å². The van der Waals surface area contributed by atoms with Crippen molar-refractivity contribution in [2.24, 2.45) is 0 Å². The van der Waals surface area contributed by atoms with Crippen LogP contribution in [0.1, 0.15) is 57.5 Å². The van der Waals surface area contributed by atoms with Crippen molar-refractivity contribution in [1.82, 2.24) is 0 Å². The number of hydrogen-bond donors (Lipinski definition) is 2. The minimum atomic E-state index is -0.181. The number of benzene rings is 2. The van der Waals surface area contributed by atoms with Crippen LogP contribution in [-0.4, -0.2) is 44.9 Å². The maximum absolute atomic E-state index is 13.4. The van der Waals surface area contributed by atoms with Gasteiger partial charge >= 0.3 is 0 Å². The minimum Gasteiger partial charge on any atom is -0.396 e. The van der Waals surface area contributed by atoms with E-state index in [-0.39, 0.29) is 11.6 Å². The minimum absolute atomic E-state index is 0.163. The first kappa shape index (κ1) is 19.5.